The molecule has 4 nitrogen and oxygen atoms in total. The lowest BCUT2D eigenvalue weighted by Gasteiger charge is -2.36. The molecule has 1 aliphatic heterocycles. The maximum Gasteiger partial charge on any atom is 0.317 e. The molecule has 0 aliphatic carbocycles. The van der Waals surface area contributed by atoms with Crippen LogP contribution in [-0.4, -0.2) is 53.6 Å². The topological polar surface area (TPSA) is 43.8 Å². The van der Waals surface area contributed by atoms with Gasteiger partial charge in [0.2, 0.25) is 0 Å². The van der Waals surface area contributed by atoms with E-state index in [-0.39, 0.29) is 6.54 Å². The van der Waals surface area contributed by atoms with Gasteiger partial charge in [0.25, 0.3) is 0 Å². The molecule has 1 fully saturated rings. The highest BCUT2D eigenvalue weighted by Gasteiger charge is 2.23. The Morgan fingerprint density at radius 3 is 2.38 bits per heavy atom. The first-order valence-electron chi connectivity index (χ1n) is 7.67. The zero-order chi connectivity index (χ0) is 15.4. The fourth-order valence-corrected chi connectivity index (χ4v) is 3.18. The number of aryl methyl sites for hydroxylation is 2. The summed E-state index contributed by atoms with van der Waals surface area (Å²) in [5.41, 5.74) is 4.16. The molecular formula is C17H26N2O2. The predicted molar refractivity (Wildman–Crippen MR) is 84.5 cm³/mol. The van der Waals surface area contributed by atoms with Crippen LogP contribution in [0.15, 0.2) is 18.2 Å². The Hall–Kier alpha value is -1.39. The molecule has 0 radical (unpaired) electrons. The normalized spacial score (nSPS) is 17.3. The number of hydrogen-bond acceptors (Lipinski definition) is 3. The van der Waals surface area contributed by atoms with Gasteiger partial charge in [-0.05, 0) is 63.5 Å². The van der Waals surface area contributed by atoms with Crippen LogP contribution in [0.5, 0.6) is 0 Å². The second-order valence-corrected chi connectivity index (χ2v) is 6.19. The van der Waals surface area contributed by atoms with E-state index in [0.29, 0.717) is 6.04 Å². The molecule has 0 aromatic heterocycles. The number of carbonyl (C=O) groups is 1. The van der Waals surface area contributed by atoms with E-state index in [4.69, 9.17) is 5.11 Å². The molecule has 2 rings (SSSR count). The van der Waals surface area contributed by atoms with E-state index in [9.17, 15) is 4.79 Å². The number of likely N-dealkylation sites (N-methyl/N-ethyl adjacent to an activating group) is 1. The summed E-state index contributed by atoms with van der Waals surface area (Å²) in [6.45, 7) is 7.59. The van der Waals surface area contributed by atoms with Gasteiger partial charge in [-0.3, -0.25) is 14.6 Å². The van der Waals surface area contributed by atoms with Crippen molar-refractivity contribution in [1.82, 2.24) is 9.80 Å². The monoisotopic (exact) mass is 290 g/mol. The summed E-state index contributed by atoms with van der Waals surface area (Å²) in [5.74, 6) is -0.740. The second-order valence-electron chi connectivity index (χ2n) is 6.19. The molecule has 21 heavy (non-hydrogen) atoms. The highest BCUT2D eigenvalue weighted by molar-refractivity contribution is 5.69. The first-order valence-corrected chi connectivity index (χ1v) is 7.67. The molecule has 1 aromatic carbocycles. The van der Waals surface area contributed by atoms with Crippen LogP contribution in [-0.2, 0) is 11.3 Å². The van der Waals surface area contributed by atoms with Gasteiger partial charge in [0, 0.05) is 12.6 Å². The molecular weight excluding hydrogens is 264 g/mol. The predicted octanol–water partition coefficient (Wildman–Crippen LogP) is 2.28. The van der Waals surface area contributed by atoms with Gasteiger partial charge in [-0.1, -0.05) is 18.2 Å². The van der Waals surface area contributed by atoms with E-state index in [0.717, 1.165) is 32.5 Å². The molecule has 1 aromatic rings. The SMILES string of the molecule is Cc1cccc(C)c1CN1CCC(N(C)CC(=O)O)CC1. The molecule has 0 atom stereocenters. The minimum atomic E-state index is -0.740. The molecule has 0 saturated carbocycles. The zero-order valence-corrected chi connectivity index (χ0v) is 13.3. The minimum Gasteiger partial charge on any atom is -0.480 e. The molecule has 1 N–H and O–H groups in total. The molecule has 0 spiro atoms. The van der Waals surface area contributed by atoms with Crippen molar-refractivity contribution in [1.29, 1.82) is 0 Å². The van der Waals surface area contributed by atoms with Gasteiger partial charge in [0.15, 0.2) is 0 Å². The fourth-order valence-electron chi connectivity index (χ4n) is 3.18. The van der Waals surface area contributed by atoms with Crippen LogP contribution in [0.25, 0.3) is 0 Å². The van der Waals surface area contributed by atoms with Crippen LogP contribution >= 0.6 is 0 Å². The molecule has 0 bridgehead atoms. The number of carboxylic acid groups (broad SMARTS) is 1. The van der Waals surface area contributed by atoms with E-state index in [1.165, 1.54) is 16.7 Å². The molecule has 1 heterocycles. The lowest BCUT2D eigenvalue weighted by atomic mass is 9.99. The fraction of sp³-hybridized carbons (Fsp3) is 0.588. The zero-order valence-electron chi connectivity index (χ0n) is 13.3. The number of piperidine rings is 1. The highest BCUT2D eigenvalue weighted by atomic mass is 16.4. The Bertz CT molecular complexity index is 473. The average molecular weight is 290 g/mol. The van der Waals surface area contributed by atoms with E-state index >= 15 is 0 Å². The van der Waals surface area contributed by atoms with E-state index < -0.39 is 5.97 Å². The number of aliphatic carboxylic acids is 1. The summed E-state index contributed by atoms with van der Waals surface area (Å²) in [6.07, 6.45) is 2.10. The van der Waals surface area contributed by atoms with Crippen molar-refractivity contribution in [3.8, 4) is 0 Å². The lowest BCUT2D eigenvalue weighted by molar-refractivity contribution is -0.138. The van der Waals surface area contributed by atoms with Crippen molar-refractivity contribution in [2.75, 3.05) is 26.7 Å². The highest BCUT2D eigenvalue weighted by Crippen LogP contribution is 2.20. The second kappa shape index (κ2) is 7.05. The first-order chi connectivity index (χ1) is 9.97. The quantitative estimate of drug-likeness (QED) is 0.903. The summed E-state index contributed by atoms with van der Waals surface area (Å²) < 4.78 is 0. The molecule has 1 saturated heterocycles. The number of nitrogens with zero attached hydrogens (tertiary/aromatic N) is 2. The number of carboxylic acids is 1. The molecule has 0 unspecified atom stereocenters. The lowest BCUT2D eigenvalue weighted by Crippen LogP contribution is -2.44. The van der Waals surface area contributed by atoms with Crippen LogP contribution in [0.2, 0.25) is 0 Å². The number of benzene rings is 1. The number of likely N-dealkylation sites (tertiary alicyclic amines) is 1. The smallest absolute Gasteiger partial charge is 0.317 e. The molecule has 1 aliphatic rings. The van der Waals surface area contributed by atoms with E-state index in [2.05, 4.69) is 36.9 Å². The van der Waals surface area contributed by atoms with Crippen molar-refractivity contribution in [3.63, 3.8) is 0 Å². The maximum atomic E-state index is 10.8. The Labute approximate surface area is 127 Å². The van der Waals surface area contributed by atoms with E-state index in [1.54, 1.807) is 0 Å². The summed E-state index contributed by atoms with van der Waals surface area (Å²) in [4.78, 5) is 15.2. The van der Waals surface area contributed by atoms with Crippen LogP contribution in [0.4, 0.5) is 0 Å². The van der Waals surface area contributed by atoms with Gasteiger partial charge in [-0.25, -0.2) is 0 Å². The van der Waals surface area contributed by atoms with Crippen molar-refractivity contribution in [2.45, 2.75) is 39.3 Å². The van der Waals surface area contributed by atoms with Gasteiger partial charge in [-0.15, -0.1) is 0 Å². The average Bonchev–Trinajstić information content (AvgIpc) is 2.43. The van der Waals surface area contributed by atoms with Gasteiger partial charge < -0.3 is 5.11 Å². The molecule has 116 valence electrons. The third-order valence-corrected chi connectivity index (χ3v) is 4.59. The Morgan fingerprint density at radius 2 is 1.86 bits per heavy atom. The minimum absolute atomic E-state index is 0.140. The van der Waals surface area contributed by atoms with Crippen LogP contribution < -0.4 is 0 Å². The molecule has 0 amide bonds. The summed E-state index contributed by atoms with van der Waals surface area (Å²) in [5, 5.41) is 8.87. The third kappa shape index (κ3) is 4.29. The Balaban J connectivity index is 1.88. The summed E-state index contributed by atoms with van der Waals surface area (Å²) >= 11 is 0. The van der Waals surface area contributed by atoms with Crippen molar-refractivity contribution >= 4 is 5.97 Å². The van der Waals surface area contributed by atoms with Crippen molar-refractivity contribution in [2.24, 2.45) is 0 Å². The Morgan fingerprint density at radius 1 is 1.29 bits per heavy atom. The van der Waals surface area contributed by atoms with Gasteiger partial charge >= 0.3 is 5.97 Å². The summed E-state index contributed by atoms with van der Waals surface area (Å²) in [7, 11) is 1.92. The largest absolute Gasteiger partial charge is 0.480 e. The van der Waals surface area contributed by atoms with Gasteiger partial charge in [0.05, 0.1) is 6.54 Å². The Kier molecular flexibility index (Phi) is 5.37. The number of hydrogen-bond donors (Lipinski definition) is 1. The van der Waals surface area contributed by atoms with Gasteiger partial charge in [-0.2, -0.15) is 0 Å². The third-order valence-electron chi connectivity index (χ3n) is 4.59. The standard InChI is InChI=1S/C17H26N2O2/c1-13-5-4-6-14(2)16(13)11-19-9-7-15(8-10-19)18(3)12-17(20)21/h4-6,15H,7-12H2,1-3H3,(H,20,21). The van der Waals surface area contributed by atoms with Gasteiger partial charge in [0.1, 0.15) is 0 Å². The van der Waals surface area contributed by atoms with E-state index in [1.807, 2.05) is 11.9 Å². The first kappa shape index (κ1) is 16.0. The van der Waals surface area contributed by atoms with Crippen molar-refractivity contribution in [3.05, 3.63) is 34.9 Å². The number of rotatable bonds is 5. The summed E-state index contributed by atoms with van der Waals surface area (Å²) in [6, 6.07) is 6.86. The molecule has 4 heteroatoms. The van der Waals surface area contributed by atoms with Crippen molar-refractivity contribution < 1.29 is 9.90 Å². The van der Waals surface area contributed by atoms with Crippen LogP contribution in [0.3, 0.4) is 0 Å². The van der Waals surface area contributed by atoms with Crippen LogP contribution in [0.1, 0.15) is 29.5 Å². The van der Waals surface area contributed by atoms with Crippen LogP contribution in [0, 0.1) is 13.8 Å². The maximum absolute atomic E-state index is 10.8.